The van der Waals surface area contributed by atoms with Gasteiger partial charge in [0.15, 0.2) is 0 Å². The maximum atomic E-state index is 9.29. The van der Waals surface area contributed by atoms with Crippen LogP contribution >= 0.6 is 11.8 Å². The van der Waals surface area contributed by atoms with Crippen molar-refractivity contribution in [2.45, 2.75) is 38.3 Å². The standard InChI is InChI=1S/C9H19NOS/c1-3-8(2)10-9(6-11)4-5-12-7-9/h8,10-11H,3-7H2,1-2H3. The Bertz CT molecular complexity index is 134. The lowest BCUT2D eigenvalue weighted by molar-refractivity contribution is 0.167. The van der Waals surface area contributed by atoms with Crippen LogP contribution in [0.25, 0.3) is 0 Å². The monoisotopic (exact) mass is 189 g/mol. The van der Waals surface area contributed by atoms with Crippen LogP contribution < -0.4 is 5.32 Å². The molecule has 0 aromatic rings. The van der Waals surface area contributed by atoms with Gasteiger partial charge in [0.1, 0.15) is 0 Å². The molecule has 0 radical (unpaired) electrons. The summed E-state index contributed by atoms with van der Waals surface area (Å²) in [6.45, 7) is 4.63. The van der Waals surface area contributed by atoms with Crippen LogP contribution in [0.1, 0.15) is 26.7 Å². The highest BCUT2D eigenvalue weighted by Crippen LogP contribution is 2.28. The molecule has 0 aliphatic carbocycles. The Kier molecular flexibility index (Phi) is 3.87. The first-order chi connectivity index (χ1) is 5.72. The van der Waals surface area contributed by atoms with Crippen molar-refractivity contribution in [3.8, 4) is 0 Å². The molecule has 72 valence electrons. The average Bonchev–Trinajstić information content (AvgIpc) is 2.54. The van der Waals surface area contributed by atoms with E-state index in [9.17, 15) is 5.11 Å². The van der Waals surface area contributed by atoms with E-state index < -0.39 is 0 Å². The van der Waals surface area contributed by atoms with Gasteiger partial charge in [0.2, 0.25) is 0 Å². The molecular formula is C9H19NOS. The SMILES string of the molecule is CCC(C)NC1(CO)CCSC1. The number of aliphatic hydroxyl groups is 1. The number of nitrogens with one attached hydrogen (secondary N) is 1. The quantitative estimate of drug-likeness (QED) is 0.698. The van der Waals surface area contributed by atoms with Crippen LogP contribution in [-0.2, 0) is 0 Å². The smallest absolute Gasteiger partial charge is 0.0621 e. The number of hydrogen-bond donors (Lipinski definition) is 2. The summed E-state index contributed by atoms with van der Waals surface area (Å²) in [7, 11) is 0. The van der Waals surface area contributed by atoms with Crippen LogP contribution in [0.2, 0.25) is 0 Å². The second-order valence-electron chi connectivity index (χ2n) is 3.69. The summed E-state index contributed by atoms with van der Waals surface area (Å²) >= 11 is 1.94. The highest BCUT2D eigenvalue weighted by molar-refractivity contribution is 7.99. The predicted molar refractivity (Wildman–Crippen MR) is 54.6 cm³/mol. The van der Waals surface area contributed by atoms with Crippen molar-refractivity contribution in [1.29, 1.82) is 0 Å². The Morgan fingerprint density at radius 2 is 2.42 bits per heavy atom. The summed E-state index contributed by atoms with van der Waals surface area (Å²) in [6, 6.07) is 0.524. The van der Waals surface area contributed by atoms with Crippen LogP contribution in [0.15, 0.2) is 0 Å². The lowest BCUT2D eigenvalue weighted by Crippen LogP contribution is -2.52. The van der Waals surface area contributed by atoms with E-state index in [1.807, 2.05) is 11.8 Å². The fraction of sp³-hybridized carbons (Fsp3) is 1.00. The molecule has 2 N–H and O–H groups in total. The van der Waals surface area contributed by atoms with Gasteiger partial charge in [0.05, 0.1) is 12.1 Å². The molecule has 0 saturated carbocycles. The first-order valence-corrected chi connectivity index (χ1v) is 5.84. The van der Waals surface area contributed by atoms with Gasteiger partial charge in [-0.1, -0.05) is 6.92 Å². The van der Waals surface area contributed by atoms with Crippen LogP contribution in [0.4, 0.5) is 0 Å². The van der Waals surface area contributed by atoms with Gasteiger partial charge in [-0.2, -0.15) is 11.8 Å². The summed E-state index contributed by atoms with van der Waals surface area (Å²) < 4.78 is 0. The van der Waals surface area contributed by atoms with E-state index in [0.29, 0.717) is 6.04 Å². The molecule has 1 saturated heterocycles. The van der Waals surface area contributed by atoms with Crippen molar-refractivity contribution in [2.75, 3.05) is 18.1 Å². The molecule has 3 heteroatoms. The molecule has 1 heterocycles. The molecule has 0 amide bonds. The van der Waals surface area contributed by atoms with Crippen molar-refractivity contribution in [2.24, 2.45) is 0 Å². The maximum absolute atomic E-state index is 9.29. The fourth-order valence-corrected chi connectivity index (χ4v) is 2.91. The van der Waals surface area contributed by atoms with E-state index in [0.717, 1.165) is 18.6 Å². The molecule has 2 nitrogen and oxygen atoms in total. The van der Waals surface area contributed by atoms with Gasteiger partial charge >= 0.3 is 0 Å². The zero-order valence-corrected chi connectivity index (χ0v) is 8.78. The van der Waals surface area contributed by atoms with E-state index in [-0.39, 0.29) is 12.1 Å². The van der Waals surface area contributed by atoms with Crippen LogP contribution in [0.5, 0.6) is 0 Å². The number of thioether (sulfide) groups is 1. The van der Waals surface area contributed by atoms with Gasteiger partial charge in [0.25, 0.3) is 0 Å². The summed E-state index contributed by atoms with van der Waals surface area (Å²) in [5, 5.41) is 12.8. The Balaban J connectivity index is 2.43. The van der Waals surface area contributed by atoms with Gasteiger partial charge < -0.3 is 10.4 Å². The molecule has 0 spiro atoms. The van der Waals surface area contributed by atoms with E-state index >= 15 is 0 Å². The van der Waals surface area contributed by atoms with E-state index in [4.69, 9.17) is 0 Å². The molecule has 2 atom stereocenters. The van der Waals surface area contributed by atoms with Crippen molar-refractivity contribution in [3.05, 3.63) is 0 Å². The minimum atomic E-state index is 0.0279. The second kappa shape index (κ2) is 4.49. The van der Waals surface area contributed by atoms with Gasteiger partial charge in [-0.15, -0.1) is 0 Å². The lowest BCUT2D eigenvalue weighted by atomic mass is 9.98. The molecule has 0 aromatic carbocycles. The summed E-state index contributed by atoms with van der Waals surface area (Å²) in [5.74, 6) is 2.25. The molecule has 1 rings (SSSR count). The van der Waals surface area contributed by atoms with E-state index in [2.05, 4.69) is 19.2 Å². The van der Waals surface area contributed by atoms with Crippen LogP contribution in [0.3, 0.4) is 0 Å². The first-order valence-electron chi connectivity index (χ1n) is 4.69. The highest BCUT2D eigenvalue weighted by atomic mass is 32.2. The topological polar surface area (TPSA) is 32.3 Å². The summed E-state index contributed by atoms with van der Waals surface area (Å²) in [6.07, 6.45) is 2.24. The van der Waals surface area contributed by atoms with Crippen molar-refractivity contribution < 1.29 is 5.11 Å². The highest BCUT2D eigenvalue weighted by Gasteiger charge is 2.34. The van der Waals surface area contributed by atoms with Crippen LogP contribution in [0, 0.1) is 0 Å². The Labute approximate surface area is 79.1 Å². The maximum Gasteiger partial charge on any atom is 0.0621 e. The van der Waals surface area contributed by atoms with Gasteiger partial charge in [-0.25, -0.2) is 0 Å². The zero-order chi connectivity index (χ0) is 9.03. The average molecular weight is 189 g/mol. The Morgan fingerprint density at radius 3 is 2.83 bits per heavy atom. The largest absolute Gasteiger partial charge is 0.394 e. The van der Waals surface area contributed by atoms with Gasteiger partial charge in [-0.3, -0.25) is 0 Å². The fourth-order valence-electron chi connectivity index (χ4n) is 1.52. The Morgan fingerprint density at radius 1 is 1.67 bits per heavy atom. The Hall–Kier alpha value is 0.270. The van der Waals surface area contributed by atoms with E-state index in [1.54, 1.807) is 0 Å². The third-order valence-corrected chi connectivity index (χ3v) is 3.82. The van der Waals surface area contributed by atoms with E-state index in [1.165, 1.54) is 5.75 Å². The first kappa shape index (κ1) is 10.4. The number of hydrogen-bond acceptors (Lipinski definition) is 3. The molecule has 2 unspecified atom stereocenters. The zero-order valence-electron chi connectivity index (χ0n) is 7.97. The number of aliphatic hydroxyl groups excluding tert-OH is 1. The minimum absolute atomic E-state index is 0.0279. The lowest BCUT2D eigenvalue weighted by Gasteiger charge is -2.30. The van der Waals surface area contributed by atoms with Crippen molar-refractivity contribution >= 4 is 11.8 Å². The molecule has 1 aliphatic heterocycles. The molecule has 12 heavy (non-hydrogen) atoms. The predicted octanol–water partition coefficient (Wildman–Crippen LogP) is 1.24. The van der Waals surface area contributed by atoms with Gasteiger partial charge in [0, 0.05) is 11.8 Å². The minimum Gasteiger partial charge on any atom is -0.394 e. The second-order valence-corrected chi connectivity index (χ2v) is 4.80. The third kappa shape index (κ3) is 2.38. The molecule has 1 aliphatic rings. The normalized spacial score (nSPS) is 32.2. The molecular weight excluding hydrogens is 170 g/mol. The summed E-state index contributed by atoms with van der Waals surface area (Å²) in [4.78, 5) is 0. The van der Waals surface area contributed by atoms with Crippen LogP contribution in [-0.4, -0.2) is 34.8 Å². The molecule has 0 bridgehead atoms. The number of rotatable bonds is 4. The third-order valence-electron chi connectivity index (χ3n) is 2.57. The van der Waals surface area contributed by atoms with Crippen molar-refractivity contribution in [1.82, 2.24) is 5.32 Å². The molecule has 0 aromatic heterocycles. The van der Waals surface area contributed by atoms with Gasteiger partial charge in [-0.05, 0) is 25.5 Å². The molecule has 1 fully saturated rings. The summed E-state index contributed by atoms with van der Waals surface area (Å²) in [5.41, 5.74) is 0.0279. The van der Waals surface area contributed by atoms with Crippen molar-refractivity contribution in [3.63, 3.8) is 0 Å².